The number of benzene rings is 2. The SMILES string of the molecule is CNS(=O)(=O)CCNC(C)c1cccc2ccccc12. The quantitative estimate of drug-likeness (QED) is 0.856. The maximum atomic E-state index is 11.4. The highest BCUT2D eigenvalue weighted by Gasteiger charge is 2.11. The van der Waals surface area contributed by atoms with E-state index in [4.69, 9.17) is 0 Å². The molecule has 0 radical (unpaired) electrons. The van der Waals surface area contributed by atoms with E-state index in [1.54, 1.807) is 0 Å². The molecule has 2 aromatic carbocycles. The van der Waals surface area contributed by atoms with E-state index in [0.717, 1.165) is 0 Å². The fourth-order valence-electron chi connectivity index (χ4n) is 2.25. The van der Waals surface area contributed by atoms with E-state index in [9.17, 15) is 8.42 Å². The highest BCUT2D eigenvalue weighted by Crippen LogP contribution is 2.23. The van der Waals surface area contributed by atoms with Crippen LogP contribution < -0.4 is 10.0 Å². The van der Waals surface area contributed by atoms with E-state index < -0.39 is 10.0 Å². The molecule has 0 amide bonds. The molecule has 5 heteroatoms. The fraction of sp³-hybridized carbons (Fsp3) is 0.333. The third-order valence-corrected chi connectivity index (χ3v) is 4.79. The van der Waals surface area contributed by atoms with Crippen molar-refractivity contribution in [3.63, 3.8) is 0 Å². The smallest absolute Gasteiger partial charge is 0.212 e. The van der Waals surface area contributed by atoms with Crippen LogP contribution in [0.25, 0.3) is 10.8 Å². The van der Waals surface area contributed by atoms with Crippen molar-refractivity contribution in [2.75, 3.05) is 19.3 Å². The van der Waals surface area contributed by atoms with Crippen LogP contribution in [0.1, 0.15) is 18.5 Å². The van der Waals surface area contributed by atoms with Crippen LogP contribution in [0.2, 0.25) is 0 Å². The Morgan fingerprint density at radius 3 is 2.55 bits per heavy atom. The van der Waals surface area contributed by atoms with E-state index in [1.165, 1.54) is 23.4 Å². The zero-order valence-electron chi connectivity index (χ0n) is 11.8. The van der Waals surface area contributed by atoms with Crippen LogP contribution in [-0.2, 0) is 10.0 Å². The maximum absolute atomic E-state index is 11.4. The minimum absolute atomic E-state index is 0.0820. The van der Waals surface area contributed by atoms with Gasteiger partial charge in [-0.1, -0.05) is 42.5 Å². The summed E-state index contributed by atoms with van der Waals surface area (Å²) in [4.78, 5) is 0. The van der Waals surface area contributed by atoms with Crippen molar-refractivity contribution >= 4 is 20.8 Å². The summed E-state index contributed by atoms with van der Waals surface area (Å²) in [5, 5.41) is 5.66. The molecule has 0 aliphatic heterocycles. The van der Waals surface area contributed by atoms with Crippen molar-refractivity contribution in [2.24, 2.45) is 0 Å². The van der Waals surface area contributed by atoms with Gasteiger partial charge in [-0.3, -0.25) is 0 Å². The Labute approximate surface area is 120 Å². The Morgan fingerprint density at radius 1 is 1.10 bits per heavy atom. The van der Waals surface area contributed by atoms with E-state index in [-0.39, 0.29) is 11.8 Å². The van der Waals surface area contributed by atoms with Crippen molar-refractivity contribution < 1.29 is 8.42 Å². The predicted molar refractivity (Wildman–Crippen MR) is 83.2 cm³/mol. The minimum Gasteiger partial charge on any atom is -0.309 e. The van der Waals surface area contributed by atoms with E-state index in [2.05, 4.69) is 34.3 Å². The van der Waals surface area contributed by atoms with Crippen LogP contribution in [0.15, 0.2) is 42.5 Å². The molecule has 0 saturated heterocycles. The van der Waals surface area contributed by atoms with Gasteiger partial charge in [0.05, 0.1) is 5.75 Å². The second-order valence-corrected chi connectivity index (χ2v) is 6.81. The molecular formula is C15H20N2O2S. The largest absolute Gasteiger partial charge is 0.309 e. The highest BCUT2D eigenvalue weighted by atomic mass is 32.2. The Morgan fingerprint density at radius 2 is 1.80 bits per heavy atom. The molecule has 4 nitrogen and oxygen atoms in total. The molecule has 0 spiro atoms. The van der Waals surface area contributed by atoms with Crippen LogP contribution >= 0.6 is 0 Å². The molecule has 1 atom stereocenters. The summed E-state index contributed by atoms with van der Waals surface area (Å²) in [5.41, 5.74) is 1.19. The zero-order chi connectivity index (χ0) is 14.6. The fourth-order valence-corrected chi connectivity index (χ4v) is 2.84. The van der Waals surface area contributed by atoms with Crippen LogP contribution in [0.5, 0.6) is 0 Å². The van der Waals surface area contributed by atoms with Gasteiger partial charge in [0.25, 0.3) is 0 Å². The van der Waals surface area contributed by atoms with Gasteiger partial charge in [-0.2, -0.15) is 0 Å². The third-order valence-electron chi connectivity index (χ3n) is 3.42. The number of hydrogen-bond donors (Lipinski definition) is 2. The van der Waals surface area contributed by atoms with Crippen LogP contribution in [0.4, 0.5) is 0 Å². The molecular weight excluding hydrogens is 272 g/mol. The van der Waals surface area contributed by atoms with E-state index in [1.807, 2.05) is 25.1 Å². The monoisotopic (exact) mass is 292 g/mol. The first-order chi connectivity index (χ1) is 9.53. The first kappa shape index (κ1) is 15.0. The number of nitrogens with one attached hydrogen (secondary N) is 2. The molecule has 2 aromatic rings. The molecule has 0 aliphatic rings. The van der Waals surface area contributed by atoms with Gasteiger partial charge in [0.2, 0.25) is 10.0 Å². The van der Waals surface area contributed by atoms with Crippen molar-refractivity contribution in [3.05, 3.63) is 48.0 Å². The molecule has 0 aromatic heterocycles. The second kappa shape index (κ2) is 6.35. The average Bonchev–Trinajstić information content (AvgIpc) is 2.46. The summed E-state index contributed by atoms with van der Waals surface area (Å²) in [6.07, 6.45) is 0. The Hall–Kier alpha value is -1.43. The number of fused-ring (bicyclic) bond motifs is 1. The van der Waals surface area contributed by atoms with Gasteiger partial charge in [-0.15, -0.1) is 0 Å². The number of hydrogen-bond acceptors (Lipinski definition) is 3. The first-order valence-corrected chi connectivity index (χ1v) is 8.31. The summed E-state index contributed by atoms with van der Waals surface area (Å²) in [7, 11) is -1.72. The number of sulfonamides is 1. The van der Waals surface area contributed by atoms with Gasteiger partial charge in [0.1, 0.15) is 0 Å². The average molecular weight is 292 g/mol. The lowest BCUT2D eigenvalue weighted by Crippen LogP contribution is -2.30. The highest BCUT2D eigenvalue weighted by molar-refractivity contribution is 7.89. The lowest BCUT2D eigenvalue weighted by Gasteiger charge is -2.16. The minimum atomic E-state index is -3.15. The van der Waals surface area contributed by atoms with Crippen LogP contribution in [-0.4, -0.2) is 27.8 Å². The molecule has 108 valence electrons. The van der Waals surface area contributed by atoms with Crippen molar-refractivity contribution in [3.8, 4) is 0 Å². The van der Waals surface area contributed by atoms with E-state index >= 15 is 0 Å². The van der Waals surface area contributed by atoms with Gasteiger partial charge in [-0.05, 0) is 30.3 Å². The topological polar surface area (TPSA) is 58.2 Å². The first-order valence-electron chi connectivity index (χ1n) is 6.66. The lowest BCUT2D eigenvalue weighted by atomic mass is 10.00. The maximum Gasteiger partial charge on any atom is 0.212 e. The van der Waals surface area contributed by atoms with Crippen molar-refractivity contribution in [1.82, 2.24) is 10.0 Å². The molecule has 20 heavy (non-hydrogen) atoms. The summed E-state index contributed by atoms with van der Waals surface area (Å²) >= 11 is 0. The van der Waals surface area contributed by atoms with Crippen molar-refractivity contribution in [1.29, 1.82) is 0 Å². The Bertz CT molecular complexity index is 678. The molecule has 2 rings (SSSR count). The van der Waals surface area contributed by atoms with Gasteiger partial charge in [-0.25, -0.2) is 13.1 Å². The molecule has 1 unspecified atom stereocenters. The molecule has 0 bridgehead atoms. The predicted octanol–water partition coefficient (Wildman–Crippen LogP) is 2.04. The van der Waals surface area contributed by atoms with Gasteiger partial charge >= 0.3 is 0 Å². The van der Waals surface area contributed by atoms with Gasteiger partial charge in [0.15, 0.2) is 0 Å². The van der Waals surface area contributed by atoms with Crippen molar-refractivity contribution in [2.45, 2.75) is 13.0 Å². The summed E-state index contributed by atoms with van der Waals surface area (Å²) < 4.78 is 25.1. The molecule has 0 heterocycles. The standard InChI is InChI=1S/C15H20N2O2S/c1-12(17-10-11-20(18,19)16-2)14-9-5-7-13-6-3-4-8-15(13)14/h3-9,12,16-17H,10-11H2,1-2H3. The molecule has 0 aliphatic carbocycles. The Kier molecular flexibility index (Phi) is 4.75. The second-order valence-electron chi connectivity index (χ2n) is 4.77. The lowest BCUT2D eigenvalue weighted by molar-refractivity contribution is 0.568. The molecule has 0 saturated carbocycles. The Balaban J connectivity index is 2.10. The molecule has 2 N–H and O–H groups in total. The van der Waals surface area contributed by atoms with Gasteiger partial charge in [0, 0.05) is 12.6 Å². The van der Waals surface area contributed by atoms with Gasteiger partial charge < -0.3 is 5.32 Å². The summed E-state index contributed by atoms with van der Waals surface area (Å²) in [6.45, 7) is 2.47. The van der Waals surface area contributed by atoms with Crippen LogP contribution in [0, 0.1) is 0 Å². The molecule has 0 fully saturated rings. The number of rotatable bonds is 6. The third kappa shape index (κ3) is 3.56. The summed E-state index contributed by atoms with van der Waals surface area (Å²) in [6, 6.07) is 14.5. The van der Waals surface area contributed by atoms with E-state index in [0.29, 0.717) is 6.54 Å². The normalized spacial score (nSPS) is 13.5. The summed E-state index contributed by atoms with van der Waals surface area (Å²) in [5.74, 6) is 0.0820. The van der Waals surface area contributed by atoms with Crippen LogP contribution in [0.3, 0.4) is 0 Å². The zero-order valence-corrected chi connectivity index (χ0v) is 12.6.